The van der Waals surface area contributed by atoms with Crippen molar-refractivity contribution in [2.24, 2.45) is 0 Å². The SMILES string of the molecule is CC(C)c1csc(C(=O)N2CCCCC2CN2CCOCC2)n1. The Morgan fingerprint density at radius 3 is 2.83 bits per heavy atom. The third-order valence-electron chi connectivity index (χ3n) is 4.76. The number of ether oxygens (including phenoxy) is 1. The maximum absolute atomic E-state index is 12.9. The monoisotopic (exact) mass is 337 g/mol. The molecule has 1 aromatic heterocycles. The Kier molecular flexibility index (Phi) is 5.67. The molecule has 1 aromatic rings. The minimum atomic E-state index is 0.125. The Bertz CT molecular complexity index is 526. The summed E-state index contributed by atoms with van der Waals surface area (Å²) in [5.74, 6) is 0.498. The summed E-state index contributed by atoms with van der Waals surface area (Å²) in [7, 11) is 0. The van der Waals surface area contributed by atoms with Gasteiger partial charge in [0.2, 0.25) is 0 Å². The van der Waals surface area contributed by atoms with Gasteiger partial charge in [0.05, 0.1) is 18.9 Å². The van der Waals surface area contributed by atoms with E-state index in [4.69, 9.17) is 4.74 Å². The fourth-order valence-electron chi connectivity index (χ4n) is 3.31. The zero-order chi connectivity index (χ0) is 16.2. The van der Waals surface area contributed by atoms with Crippen LogP contribution in [0.25, 0.3) is 0 Å². The molecule has 3 heterocycles. The summed E-state index contributed by atoms with van der Waals surface area (Å²) in [6.45, 7) is 9.65. The Labute approximate surface area is 142 Å². The molecule has 1 atom stereocenters. The number of hydrogen-bond donors (Lipinski definition) is 0. The number of amides is 1. The van der Waals surface area contributed by atoms with E-state index in [2.05, 4.69) is 28.6 Å². The van der Waals surface area contributed by atoms with Crippen molar-refractivity contribution in [2.45, 2.75) is 45.1 Å². The van der Waals surface area contributed by atoms with Gasteiger partial charge in [-0.1, -0.05) is 13.8 Å². The number of likely N-dealkylation sites (tertiary alicyclic amines) is 1. The summed E-state index contributed by atoms with van der Waals surface area (Å²) in [5, 5.41) is 2.68. The van der Waals surface area contributed by atoms with Gasteiger partial charge in [0.1, 0.15) is 0 Å². The van der Waals surface area contributed by atoms with Gasteiger partial charge in [0.25, 0.3) is 5.91 Å². The number of thiazole rings is 1. The summed E-state index contributed by atoms with van der Waals surface area (Å²) in [5.41, 5.74) is 1.03. The van der Waals surface area contributed by atoms with E-state index in [9.17, 15) is 4.79 Å². The van der Waals surface area contributed by atoms with Crippen LogP contribution in [-0.4, -0.2) is 66.1 Å². The lowest BCUT2D eigenvalue weighted by Crippen LogP contribution is -2.51. The molecule has 0 bridgehead atoms. The van der Waals surface area contributed by atoms with Crippen molar-refractivity contribution in [1.82, 2.24) is 14.8 Å². The van der Waals surface area contributed by atoms with Crippen molar-refractivity contribution in [3.63, 3.8) is 0 Å². The molecule has 0 saturated carbocycles. The lowest BCUT2D eigenvalue weighted by molar-refractivity contribution is 0.0166. The van der Waals surface area contributed by atoms with Gasteiger partial charge >= 0.3 is 0 Å². The topological polar surface area (TPSA) is 45.7 Å². The van der Waals surface area contributed by atoms with Crippen LogP contribution in [0.4, 0.5) is 0 Å². The maximum atomic E-state index is 12.9. The van der Waals surface area contributed by atoms with Crippen molar-refractivity contribution >= 4 is 17.2 Å². The fraction of sp³-hybridized carbons (Fsp3) is 0.765. The Morgan fingerprint density at radius 2 is 2.13 bits per heavy atom. The van der Waals surface area contributed by atoms with E-state index in [1.165, 1.54) is 17.8 Å². The van der Waals surface area contributed by atoms with Crippen molar-refractivity contribution in [1.29, 1.82) is 0 Å². The van der Waals surface area contributed by atoms with Gasteiger partial charge in [0.15, 0.2) is 5.01 Å². The number of hydrogen-bond acceptors (Lipinski definition) is 5. The van der Waals surface area contributed by atoms with Crippen LogP contribution in [0.1, 0.15) is 54.5 Å². The first-order valence-electron chi connectivity index (χ1n) is 8.71. The smallest absolute Gasteiger partial charge is 0.283 e. The summed E-state index contributed by atoms with van der Waals surface area (Å²) >= 11 is 1.49. The minimum absolute atomic E-state index is 0.125. The standard InChI is InChI=1S/C17H27N3O2S/c1-13(2)15-12-23-16(18-15)17(21)20-6-4-3-5-14(20)11-19-7-9-22-10-8-19/h12-14H,3-11H2,1-2H3. The Balaban J connectivity index is 1.67. The molecule has 2 aliphatic heterocycles. The van der Waals surface area contributed by atoms with Crippen molar-refractivity contribution in [3.05, 3.63) is 16.1 Å². The number of nitrogens with zero attached hydrogens (tertiary/aromatic N) is 3. The van der Waals surface area contributed by atoms with Gasteiger partial charge in [-0.2, -0.15) is 0 Å². The van der Waals surface area contributed by atoms with Crippen LogP contribution in [-0.2, 0) is 4.74 Å². The zero-order valence-corrected chi connectivity index (χ0v) is 15.0. The lowest BCUT2D eigenvalue weighted by atomic mass is 10.0. The van der Waals surface area contributed by atoms with Gasteiger partial charge in [-0.3, -0.25) is 9.69 Å². The van der Waals surface area contributed by atoms with E-state index in [1.807, 2.05) is 5.38 Å². The minimum Gasteiger partial charge on any atom is -0.379 e. The third-order valence-corrected chi connectivity index (χ3v) is 5.61. The summed E-state index contributed by atoms with van der Waals surface area (Å²) in [4.78, 5) is 22.0. The largest absolute Gasteiger partial charge is 0.379 e. The highest BCUT2D eigenvalue weighted by atomic mass is 32.1. The van der Waals surface area contributed by atoms with Crippen LogP contribution < -0.4 is 0 Å². The molecule has 2 saturated heterocycles. The second-order valence-corrected chi connectivity index (χ2v) is 7.65. The molecule has 0 aliphatic carbocycles. The normalized spacial score (nSPS) is 23.4. The van der Waals surface area contributed by atoms with E-state index >= 15 is 0 Å². The van der Waals surface area contributed by atoms with E-state index in [0.29, 0.717) is 17.0 Å². The van der Waals surface area contributed by atoms with Gasteiger partial charge in [-0.25, -0.2) is 4.98 Å². The van der Waals surface area contributed by atoms with E-state index in [1.54, 1.807) is 0 Å². The molecule has 2 aliphatic rings. The fourth-order valence-corrected chi connectivity index (χ4v) is 4.25. The molecule has 128 valence electrons. The number of carbonyl (C=O) groups is 1. The summed E-state index contributed by atoms with van der Waals surface area (Å²) < 4.78 is 5.43. The second-order valence-electron chi connectivity index (χ2n) is 6.79. The van der Waals surface area contributed by atoms with Crippen LogP contribution in [0.15, 0.2) is 5.38 Å². The van der Waals surface area contributed by atoms with Gasteiger partial charge in [-0.05, 0) is 25.2 Å². The third kappa shape index (κ3) is 4.11. The second kappa shape index (κ2) is 7.73. The number of morpholine rings is 1. The molecular formula is C17H27N3O2S. The van der Waals surface area contributed by atoms with Crippen LogP contribution in [0.3, 0.4) is 0 Å². The number of carbonyl (C=O) groups excluding carboxylic acids is 1. The average Bonchev–Trinajstić information content (AvgIpc) is 3.06. The summed E-state index contributed by atoms with van der Waals surface area (Å²) in [6, 6.07) is 0.320. The predicted octanol–water partition coefficient (Wildman–Crippen LogP) is 2.59. The van der Waals surface area contributed by atoms with Crippen LogP contribution >= 0.6 is 11.3 Å². The molecule has 5 nitrogen and oxygen atoms in total. The highest BCUT2D eigenvalue weighted by Crippen LogP contribution is 2.24. The van der Waals surface area contributed by atoms with E-state index < -0.39 is 0 Å². The molecular weight excluding hydrogens is 310 g/mol. The molecule has 3 rings (SSSR count). The zero-order valence-electron chi connectivity index (χ0n) is 14.2. The first-order valence-corrected chi connectivity index (χ1v) is 9.59. The number of rotatable bonds is 4. The van der Waals surface area contributed by atoms with Crippen molar-refractivity contribution < 1.29 is 9.53 Å². The van der Waals surface area contributed by atoms with Crippen LogP contribution in [0.5, 0.6) is 0 Å². The maximum Gasteiger partial charge on any atom is 0.283 e. The van der Waals surface area contributed by atoms with Crippen molar-refractivity contribution in [3.8, 4) is 0 Å². The Morgan fingerprint density at radius 1 is 1.35 bits per heavy atom. The lowest BCUT2D eigenvalue weighted by Gasteiger charge is -2.39. The highest BCUT2D eigenvalue weighted by Gasteiger charge is 2.30. The number of aromatic nitrogens is 1. The number of piperidine rings is 1. The molecule has 0 radical (unpaired) electrons. The molecule has 1 amide bonds. The van der Waals surface area contributed by atoms with Crippen LogP contribution in [0.2, 0.25) is 0 Å². The first kappa shape index (κ1) is 16.9. The molecule has 1 unspecified atom stereocenters. The van der Waals surface area contributed by atoms with Crippen molar-refractivity contribution in [2.75, 3.05) is 39.4 Å². The van der Waals surface area contributed by atoms with Gasteiger partial charge in [-0.15, -0.1) is 11.3 Å². The Hall–Kier alpha value is -0.980. The van der Waals surface area contributed by atoms with E-state index in [0.717, 1.165) is 57.9 Å². The van der Waals surface area contributed by atoms with Gasteiger partial charge < -0.3 is 9.64 Å². The molecule has 0 N–H and O–H groups in total. The highest BCUT2D eigenvalue weighted by molar-refractivity contribution is 7.11. The average molecular weight is 337 g/mol. The molecule has 0 aromatic carbocycles. The quantitative estimate of drug-likeness (QED) is 0.847. The molecule has 0 spiro atoms. The summed E-state index contributed by atoms with van der Waals surface area (Å²) in [6.07, 6.45) is 3.42. The molecule has 23 heavy (non-hydrogen) atoms. The molecule has 6 heteroatoms. The van der Waals surface area contributed by atoms with Gasteiger partial charge in [0, 0.05) is 37.6 Å². The predicted molar refractivity (Wildman–Crippen MR) is 92.1 cm³/mol. The van der Waals surface area contributed by atoms with Crippen LogP contribution in [0, 0.1) is 0 Å². The van der Waals surface area contributed by atoms with E-state index in [-0.39, 0.29) is 5.91 Å². The first-order chi connectivity index (χ1) is 11.1. The molecule has 2 fully saturated rings.